The molecule has 0 radical (unpaired) electrons. The Bertz CT molecular complexity index is 927. The molecule has 0 saturated heterocycles. The molecule has 1 heterocycles. The molecule has 8 heteroatoms. The van der Waals surface area contributed by atoms with Gasteiger partial charge in [-0.25, -0.2) is 8.42 Å². The minimum Gasteiger partial charge on any atom is -0.497 e. The van der Waals surface area contributed by atoms with Gasteiger partial charge in [-0.05, 0) is 29.8 Å². The monoisotopic (exact) mass is 390 g/mol. The Balaban J connectivity index is 1.78. The van der Waals surface area contributed by atoms with E-state index >= 15 is 0 Å². The van der Waals surface area contributed by atoms with Crippen molar-refractivity contribution >= 4 is 21.6 Å². The van der Waals surface area contributed by atoms with Crippen LogP contribution in [0, 0.1) is 0 Å². The maximum atomic E-state index is 12.9. The Morgan fingerprint density at radius 2 is 1.89 bits per heavy atom. The van der Waals surface area contributed by atoms with Crippen LogP contribution in [0.3, 0.4) is 0 Å². The van der Waals surface area contributed by atoms with Crippen LogP contribution in [0.2, 0.25) is 0 Å². The third-order valence-corrected chi connectivity index (χ3v) is 5.51. The molecule has 1 amide bonds. The van der Waals surface area contributed by atoms with Gasteiger partial charge in [0.1, 0.15) is 11.5 Å². The van der Waals surface area contributed by atoms with Crippen molar-refractivity contribution in [1.82, 2.24) is 4.90 Å². The first-order chi connectivity index (χ1) is 12.8. The Morgan fingerprint density at radius 3 is 2.52 bits per heavy atom. The smallest absolute Gasteiger partial charge is 0.265 e. The molecule has 0 aromatic heterocycles. The average molecular weight is 390 g/mol. The van der Waals surface area contributed by atoms with E-state index in [1.165, 1.54) is 9.21 Å². The zero-order valence-electron chi connectivity index (χ0n) is 15.5. The molecule has 7 nitrogen and oxygen atoms in total. The second-order valence-electron chi connectivity index (χ2n) is 6.41. The van der Waals surface area contributed by atoms with Gasteiger partial charge >= 0.3 is 0 Å². The minimum atomic E-state index is -3.53. The van der Waals surface area contributed by atoms with Crippen LogP contribution < -0.4 is 13.8 Å². The van der Waals surface area contributed by atoms with Crippen molar-refractivity contribution in [3.05, 3.63) is 54.1 Å². The van der Waals surface area contributed by atoms with Crippen molar-refractivity contribution in [1.29, 1.82) is 0 Å². The fraction of sp³-hybridized carbons (Fsp3) is 0.316. The number of anilines is 1. The van der Waals surface area contributed by atoms with Crippen molar-refractivity contribution in [2.45, 2.75) is 12.6 Å². The zero-order valence-corrected chi connectivity index (χ0v) is 16.3. The second kappa shape index (κ2) is 7.48. The van der Waals surface area contributed by atoms with Crippen LogP contribution in [-0.2, 0) is 21.4 Å². The molecular formula is C19H22N2O5S. The number of hydrogen-bond donors (Lipinski definition) is 0. The number of benzene rings is 2. The molecule has 0 aliphatic carbocycles. The van der Waals surface area contributed by atoms with Crippen LogP contribution in [0.25, 0.3) is 0 Å². The molecular weight excluding hydrogens is 368 g/mol. The summed E-state index contributed by atoms with van der Waals surface area (Å²) in [5.41, 5.74) is 1.38. The van der Waals surface area contributed by atoms with Crippen LogP contribution >= 0.6 is 0 Å². The van der Waals surface area contributed by atoms with Crippen LogP contribution in [-0.4, -0.2) is 52.3 Å². The van der Waals surface area contributed by atoms with E-state index in [0.29, 0.717) is 18.0 Å². The number of para-hydroxylation sites is 2. The van der Waals surface area contributed by atoms with Crippen molar-refractivity contribution in [2.24, 2.45) is 0 Å². The Morgan fingerprint density at radius 1 is 1.22 bits per heavy atom. The molecule has 0 unspecified atom stereocenters. The molecule has 144 valence electrons. The lowest BCUT2D eigenvalue weighted by atomic mass is 10.1. The summed E-state index contributed by atoms with van der Waals surface area (Å²) in [6.45, 7) is 0.324. The molecule has 0 N–H and O–H groups in total. The first-order valence-electron chi connectivity index (χ1n) is 8.41. The molecule has 3 rings (SSSR count). The van der Waals surface area contributed by atoms with Gasteiger partial charge < -0.3 is 14.4 Å². The Hall–Kier alpha value is -2.74. The highest BCUT2D eigenvalue weighted by atomic mass is 32.2. The summed E-state index contributed by atoms with van der Waals surface area (Å²) < 4.78 is 36.5. The van der Waals surface area contributed by atoms with Crippen LogP contribution in [0.15, 0.2) is 48.5 Å². The molecule has 0 saturated carbocycles. The van der Waals surface area contributed by atoms with Gasteiger partial charge in [-0.3, -0.25) is 9.10 Å². The summed E-state index contributed by atoms with van der Waals surface area (Å²) in [4.78, 5) is 14.4. The van der Waals surface area contributed by atoms with Crippen molar-refractivity contribution in [3.8, 4) is 11.5 Å². The number of amides is 1. The summed E-state index contributed by atoms with van der Waals surface area (Å²) >= 11 is 0. The lowest BCUT2D eigenvalue weighted by molar-refractivity contribution is -0.137. The van der Waals surface area contributed by atoms with Crippen LogP contribution in [0.4, 0.5) is 5.69 Å². The third kappa shape index (κ3) is 4.16. The van der Waals surface area contributed by atoms with Gasteiger partial charge in [0.25, 0.3) is 5.91 Å². The summed E-state index contributed by atoms with van der Waals surface area (Å²) in [7, 11) is -0.268. The number of methoxy groups -OCH3 is 1. The van der Waals surface area contributed by atoms with Crippen LogP contribution in [0.1, 0.15) is 5.56 Å². The van der Waals surface area contributed by atoms with Gasteiger partial charge in [0.2, 0.25) is 10.0 Å². The quantitative estimate of drug-likeness (QED) is 0.779. The number of carbonyl (C=O) groups excluding carboxylic acids is 1. The number of rotatable bonds is 5. The highest BCUT2D eigenvalue weighted by Gasteiger charge is 2.36. The molecule has 0 fully saturated rings. The number of sulfonamides is 1. The number of carbonyl (C=O) groups is 1. The van der Waals surface area contributed by atoms with E-state index in [0.717, 1.165) is 17.6 Å². The Labute approximate surface area is 159 Å². The maximum Gasteiger partial charge on any atom is 0.265 e. The number of likely N-dealkylation sites (N-methyl/N-ethyl adjacent to an activating group) is 1. The lowest BCUT2D eigenvalue weighted by Gasteiger charge is -2.35. The SMILES string of the molecule is COc1ccc(CN(C)C(=O)[C@@H]2CN(S(C)(=O)=O)c3ccccc3O2)cc1. The van der Waals surface area contributed by atoms with Gasteiger partial charge in [-0.2, -0.15) is 0 Å². The standard InChI is InChI=1S/C19H22N2O5S/c1-20(12-14-8-10-15(25-2)11-9-14)19(22)18-13-21(27(3,23)24)16-6-4-5-7-17(16)26-18/h4-11,18H,12-13H2,1-3H3/t18-/m0/s1. The molecule has 2 aromatic rings. The number of hydrogen-bond acceptors (Lipinski definition) is 5. The van der Waals surface area contributed by atoms with E-state index in [-0.39, 0.29) is 12.5 Å². The predicted octanol–water partition coefficient (Wildman–Crippen LogP) is 1.88. The summed E-state index contributed by atoms with van der Waals surface area (Å²) in [6.07, 6.45) is 0.218. The third-order valence-electron chi connectivity index (χ3n) is 4.37. The highest BCUT2D eigenvalue weighted by Crippen LogP contribution is 2.34. The predicted molar refractivity (Wildman–Crippen MR) is 103 cm³/mol. The average Bonchev–Trinajstić information content (AvgIpc) is 2.66. The van der Waals surface area contributed by atoms with Gasteiger partial charge in [-0.1, -0.05) is 24.3 Å². The highest BCUT2D eigenvalue weighted by molar-refractivity contribution is 7.92. The minimum absolute atomic E-state index is 0.0539. The van der Waals surface area contributed by atoms with Gasteiger partial charge in [0.05, 0.1) is 25.6 Å². The summed E-state index contributed by atoms with van der Waals surface area (Å²) in [5.74, 6) is 0.836. The van der Waals surface area contributed by atoms with Gasteiger partial charge in [-0.15, -0.1) is 0 Å². The van der Waals surface area contributed by atoms with E-state index in [1.54, 1.807) is 38.4 Å². The van der Waals surface area contributed by atoms with E-state index in [2.05, 4.69) is 0 Å². The molecule has 2 aromatic carbocycles. The molecule has 1 aliphatic heterocycles. The summed E-state index contributed by atoms with van der Waals surface area (Å²) in [5, 5.41) is 0. The van der Waals surface area contributed by atoms with Crippen molar-refractivity contribution < 1.29 is 22.7 Å². The van der Waals surface area contributed by atoms with E-state index in [9.17, 15) is 13.2 Å². The largest absolute Gasteiger partial charge is 0.497 e. The van der Waals surface area contributed by atoms with Gasteiger partial charge in [0.15, 0.2) is 6.10 Å². The van der Waals surface area contributed by atoms with Crippen LogP contribution in [0.5, 0.6) is 11.5 Å². The van der Waals surface area contributed by atoms with E-state index < -0.39 is 16.1 Å². The van der Waals surface area contributed by atoms with E-state index in [1.807, 2.05) is 24.3 Å². The number of ether oxygens (including phenoxy) is 2. The number of fused-ring (bicyclic) bond motifs is 1. The van der Waals surface area contributed by atoms with Crippen molar-refractivity contribution in [3.63, 3.8) is 0 Å². The maximum absolute atomic E-state index is 12.9. The molecule has 1 atom stereocenters. The first kappa shape index (κ1) is 19.0. The fourth-order valence-corrected chi connectivity index (χ4v) is 3.89. The van der Waals surface area contributed by atoms with Crippen molar-refractivity contribution in [2.75, 3.05) is 31.3 Å². The van der Waals surface area contributed by atoms with Gasteiger partial charge in [0, 0.05) is 13.6 Å². The Kier molecular flexibility index (Phi) is 5.27. The second-order valence-corrected chi connectivity index (χ2v) is 8.32. The van der Waals surface area contributed by atoms with E-state index in [4.69, 9.17) is 9.47 Å². The first-order valence-corrected chi connectivity index (χ1v) is 10.3. The lowest BCUT2D eigenvalue weighted by Crippen LogP contribution is -2.50. The molecule has 27 heavy (non-hydrogen) atoms. The normalized spacial score (nSPS) is 16.3. The number of nitrogens with zero attached hydrogens (tertiary/aromatic N) is 2. The molecule has 0 spiro atoms. The molecule has 0 bridgehead atoms. The topological polar surface area (TPSA) is 76.2 Å². The fourth-order valence-electron chi connectivity index (χ4n) is 2.97. The zero-order chi connectivity index (χ0) is 19.6. The summed E-state index contributed by atoms with van der Waals surface area (Å²) in [6, 6.07) is 14.2. The molecule has 1 aliphatic rings.